The molecule has 0 radical (unpaired) electrons. The van der Waals surface area contributed by atoms with Crippen molar-refractivity contribution in [2.45, 2.75) is 27.7 Å². The molecule has 4 heteroatoms. The highest BCUT2D eigenvalue weighted by molar-refractivity contribution is 5.77. The topological polar surface area (TPSA) is 58.6 Å². The van der Waals surface area contributed by atoms with Gasteiger partial charge >= 0.3 is 0 Å². The number of hydrogen-bond donors (Lipinski definition) is 2. The Bertz CT molecular complexity index is 127. The Balaban J connectivity index is 0. The van der Waals surface area contributed by atoms with Gasteiger partial charge in [0, 0.05) is 12.5 Å². The zero-order chi connectivity index (χ0) is 11.4. The zero-order valence-corrected chi connectivity index (χ0v) is 9.67. The van der Waals surface area contributed by atoms with Gasteiger partial charge < -0.3 is 15.2 Å². The van der Waals surface area contributed by atoms with Crippen molar-refractivity contribution in [1.29, 1.82) is 0 Å². The van der Waals surface area contributed by atoms with E-state index in [9.17, 15) is 4.79 Å². The fourth-order valence-electron chi connectivity index (χ4n) is 0.617. The lowest BCUT2D eigenvalue weighted by Gasteiger charge is -2.07. The summed E-state index contributed by atoms with van der Waals surface area (Å²) in [5.41, 5.74) is 0. The maximum absolute atomic E-state index is 11.0. The van der Waals surface area contributed by atoms with Gasteiger partial charge in [0.15, 0.2) is 0 Å². The number of ether oxygens (including phenoxy) is 1. The molecule has 0 unspecified atom stereocenters. The molecule has 0 atom stereocenters. The van der Waals surface area contributed by atoms with Gasteiger partial charge in [-0.2, -0.15) is 0 Å². The average Bonchev–Trinajstić information content (AvgIpc) is 2.20. The summed E-state index contributed by atoms with van der Waals surface area (Å²) in [6.45, 7) is 9.00. The number of rotatable bonds is 6. The number of carbonyl (C=O) groups is 1. The summed E-state index contributed by atoms with van der Waals surface area (Å²) in [6.07, 6.45) is 0. The second kappa shape index (κ2) is 12.4. The van der Waals surface area contributed by atoms with Crippen LogP contribution in [0.3, 0.4) is 0 Å². The highest BCUT2D eigenvalue weighted by Crippen LogP contribution is 1.89. The predicted molar refractivity (Wildman–Crippen MR) is 57.1 cm³/mol. The van der Waals surface area contributed by atoms with E-state index in [1.807, 2.05) is 27.7 Å². The van der Waals surface area contributed by atoms with Crippen LogP contribution in [0.1, 0.15) is 27.7 Å². The summed E-state index contributed by atoms with van der Waals surface area (Å²) in [5, 5.41) is 11.0. The molecule has 0 aliphatic heterocycles. The molecule has 2 N–H and O–H groups in total. The molecule has 0 rings (SSSR count). The van der Waals surface area contributed by atoms with E-state index in [0.717, 1.165) is 0 Å². The minimum Gasteiger partial charge on any atom is -0.394 e. The third-order valence-electron chi connectivity index (χ3n) is 1.31. The average molecular weight is 205 g/mol. The SMILES string of the molecule is CC.CC(C)C(=O)NCCOCCO. The van der Waals surface area contributed by atoms with Crippen LogP contribution in [0.25, 0.3) is 0 Å². The van der Waals surface area contributed by atoms with Crippen LogP contribution in [-0.2, 0) is 9.53 Å². The van der Waals surface area contributed by atoms with Crippen LogP contribution in [0.2, 0.25) is 0 Å². The van der Waals surface area contributed by atoms with E-state index in [0.29, 0.717) is 19.8 Å². The molecule has 14 heavy (non-hydrogen) atoms. The first kappa shape index (κ1) is 15.8. The lowest BCUT2D eigenvalue weighted by atomic mass is 10.2. The molecule has 0 aromatic heterocycles. The summed E-state index contributed by atoms with van der Waals surface area (Å²) in [6, 6.07) is 0. The van der Waals surface area contributed by atoms with Crippen molar-refractivity contribution in [3.8, 4) is 0 Å². The van der Waals surface area contributed by atoms with Crippen molar-refractivity contribution in [3.63, 3.8) is 0 Å². The van der Waals surface area contributed by atoms with E-state index >= 15 is 0 Å². The number of nitrogens with one attached hydrogen (secondary N) is 1. The smallest absolute Gasteiger partial charge is 0.222 e. The molecule has 0 saturated heterocycles. The van der Waals surface area contributed by atoms with Crippen molar-refractivity contribution < 1.29 is 14.6 Å². The number of aliphatic hydroxyl groups excluding tert-OH is 1. The maximum atomic E-state index is 11.0. The van der Waals surface area contributed by atoms with Crippen molar-refractivity contribution >= 4 is 5.91 Å². The summed E-state index contributed by atoms with van der Waals surface area (Å²) >= 11 is 0. The maximum Gasteiger partial charge on any atom is 0.222 e. The second-order valence-corrected chi connectivity index (χ2v) is 2.78. The minimum atomic E-state index is 0.0165. The van der Waals surface area contributed by atoms with Crippen LogP contribution in [0, 0.1) is 5.92 Å². The van der Waals surface area contributed by atoms with Gasteiger partial charge in [0.1, 0.15) is 0 Å². The molecule has 0 saturated carbocycles. The third-order valence-corrected chi connectivity index (χ3v) is 1.31. The van der Waals surface area contributed by atoms with Crippen molar-refractivity contribution in [1.82, 2.24) is 5.32 Å². The number of hydrogen-bond acceptors (Lipinski definition) is 3. The second-order valence-electron chi connectivity index (χ2n) is 2.78. The molecule has 0 fully saturated rings. The molecule has 4 nitrogen and oxygen atoms in total. The first-order valence-electron chi connectivity index (χ1n) is 5.14. The quantitative estimate of drug-likeness (QED) is 0.630. The highest BCUT2D eigenvalue weighted by Gasteiger charge is 2.04. The first-order valence-corrected chi connectivity index (χ1v) is 5.14. The summed E-state index contributed by atoms with van der Waals surface area (Å²) < 4.78 is 4.95. The van der Waals surface area contributed by atoms with Gasteiger partial charge in [0.05, 0.1) is 19.8 Å². The Kier molecular flexibility index (Phi) is 14.0. The third kappa shape index (κ3) is 11.4. The van der Waals surface area contributed by atoms with Crippen LogP contribution >= 0.6 is 0 Å². The molecular weight excluding hydrogens is 182 g/mol. The lowest BCUT2D eigenvalue weighted by molar-refractivity contribution is -0.124. The fourth-order valence-corrected chi connectivity index (χ4v) is 0.617. The van der Waals surface area contributed by atoms with Crippen LogP contribution in [0.15, 0.2) is 0 Å². The van der Waals surface area contributed by atoms with E-state index < -0.39 is 0 Å². The molecule has 0 spiro atoms. The molecule has 0 bridgehead atoms. The molecule has 1 amide bonds. The van der Waals surface area contributed by atoms with E-state index in [-0.39, 0.29) is 18.4 Å². The molecule has 0 aromatic rings. The fraction of sp³-hybridized carbons (Fsp3) is 0.900. The van der Waals surface area contributed by atoms with Crippen LogP contribution in [0.5, 0.6) is 0 Å². The zero-order valence-electron chi connectivity index (χ0n) is 9.67. The Morgan fingerprint density at radius 3 is 2.36 bits per heavy atom. The Morgan fingerprint density at radius 1 is 1.36 bits per heavy atom. The highest BCUT2D eigenvalue weighted by atomic mass is 16.5. The van der Waals surface area contributed by atoms with Crippen LogP contribution < -0.4 is 5.32 Å². The largest absolute Gasteiger partial charge is 0.394 e. The van der Waals surface area contributed by atoms with Gasteiger partial charge in [-0.1, -0.05) is 27.7 Å². The molecule has 86 valence electrons. The minimum absolute atomic E-state index is 0.0165. The van der Waals surface area contributed by atoms with E-state index in [1.54, 1.807) is 0 Å². The summed E-state index contributed by atoms with van der Waals surface area (Å²) in [5.74, 6) is 0.0467. The molecule has 0 heterocycles. The Hall–Kier alpha value is -0.610. The first-order chi connectivity index (χ1) is 6.68. The van der Waals surface area contributed by atoms with Gasteiger partial charge in [-0.25, -0.2) is 0 Å². The molecular formula is C10H23NO3. The monoisotopic (exact) mass is 205 g/mol. The van der Waals surface area contributed by atoms with Gasteiger partial charge in [-0.05, 0) is 0 Å². The summed E-state index contributed by atoms with van der Waals surface area (Å²) in [4.78, 5) is 11.0. The van der Waals surface area contributed by atoms with E-state index in [1.165, 1.54) is 0 Å². The molecule has 0 aromatic carbocycles. The summed E-state index contributed by atoms with van der Waals surface area (Å²) in [7, 11) is 0. The van der Waals surface area contributed by atoms with Crippen molar-refractivity contribution in [2.75, 3.05) is 26.4 Å². The van der Waals surface area contributed by atoms with Gasteiger partial charge in [0.2, 0.25) is 5.91 Å². The van der Waals surface area contributed by atoms with Crippen LogP contribution in [0.4, 0.5) is 0 Å². The van der Waals surface area contributed by atoms with E-state index in [2.05, 4.69) is 5.32 Å². The van der Waals surface area contributed by atoms with Gasteiger partial charge in [-0.15, -0.1) is 0 Å². The molecule has 0 aliphatic rings. The predicted octanol–water partition coefficient (Wildman–Crippen LogP) is 0.794. The Labute approximate surface area is 86.6 Å². The van der Waals surface area contributed by atoms with E-state index in [4.69, 9.17) is 9.84 Å². The lowest BCUT2D eigenvalue weighted by Crippen LogP contribution is -2.30. The number of aliphatic hydroxyl groups is 1. The van der Waals surface area contributed by atoms with Crippen LogP contribution in [-0.4, -0.2) is 37.4 Å². The number of amides is 1. The van der Waals surface area contributed by atoms with Gasteiger partial charge in [0.25, 0.3) is 0 Å². The standard InChI is InChI=1S/C8H17NO3.C2H6/c1-7(2)8(11)9-3-5-12-6-4-10;1-2/h7,10H,3-6H2,1-2H3,(H,9,11);1-2H3. The number of carbonyl (C=O) groups excluding carboxylic acids is 1. The van der Waals surface area contributed by atoms with Crippen molar-refractivity contribution in [3.05, 3.63) is 0 Å². The van der Waals surface area contributed by atoms with Gasteiger partial charge in [-0.3, -0.25) is 4.79 Å². The van der Waals surface area contributed by atoms with Crippen molar-refractivity contribution in [2.24, 2.45) is 5.92 Å². The molecule has 0 aliphatic carbocycles. The normalized spacial score (nSPS) is 9.29. The Morgan fingerprint density at radius 2 is 1.93 bits per heavy atom.